The number of nitrogens with zero attached hydrogens (tertiary/aromatic N) is 3. The molecule has 5 rings (SSSR count). The number of ether oxygens (including phenoxy) is 1. The van der Waals surface area contributed by atoms with Gasteiger partial charge in [0.05, 0.1) is 22.9 Å². The summed E-state index contributed by atoms with van der Waals surface area (Å²) in [7, 11) is 0. The van der Waals surface area contributed by atoms with Crippen LogP contribution in [-0.4, -0.2) is 37.6 Å². The fraction of sp³-hybridized carbons (Fsp3) is 0.296. The monoisotopic (exact) mass is 489 g/mol. The molecule has 0 spiro atoms. The summed E-state index contributed by atoms with van der Waals surface area (Å²) < 4.78 is 8.27. The molecule has 0 N–H and O–H groups in total. The van der Waals surface area contributed by atoms with Crippen molar-refractivity contribution in [3.05, 3.63) is 71.3 Å². The summed E-state index contributed by atoms with van der Waals surface area (Å²) in [5, 5.41) is 4.89. The molecule has 3 aromatic rings. The zero-order chi connectivity index (χ0) is 23.5. The molecule has 1 aromatic heterocycles. The lowest BCUT2D eigenvalue weighted by molar-refractivity contribution is -0.123. The van der Waals surface area contributed by atoms with E-state index in [1.165, 1.54) is 11.8 Å². The van der Waals surface area contributed by atoms with Crippen LogP contribution in [0.1, 0.15) is 44.6 Å². The lowest BCUT2D eigenvalue weighted by atomic mass is 10.1. The van der Waals surface area contributed by atoms with Gasteiger partial charge in [0.1, 0.15) is 10.1 Å². The van der Waals surface area contributed by atoms with Gasteiger partial charge < -0.3 is 4.74 Å². The average Bonchev–Trinajstić information content (AvgIpc) is 3.59. The first kappa shape index (κ1) is 22.9. The van der Waals surface area contributed by atoms with E-state index >= 15 is 0 Å². The Kier molecular flexibility index (Phi) is 6.83. The fourth-order valence-corrected chi connectivity index (χ4v) is 5.85. The molecule has 2 fully saturated rings. The quantitative estimate of drug-likeness (QED) is 0.281. The Labute approximate surface area is 209 Å². The van der Waals surface area contributed by atoms with Crippen LogP contribution in [0.2, 0.25) is 0 Å². The van der Waals surface area contributed by atoms with Gasteiger partial charge in [0, 0.05) is 23.4 Å². The van der Waals surface area contributed by atoms with E-state index in [9.17, 15) is 4.79 Å². The molecule has 7 heteroatoms. The fourth-order valence-electron chi connectivity index (χ4n) is 4.46. The van der Waals surface area contributed by atoms with Crippen LogP contribution in [0.4, 0.5) is 0 Å². The van der Waals surface area contributed by atoms with Crippen LogP contribution in [0.3, 0.4) is 0 Å². The number of thiocarbonyl (C=S) groups is 1. The van der Waals surface area contributed by atoms with Gasteiger partial charge in [-0.25, -0.2) is 4.68 Å². The average molecular weight is 490 g/mol. The summed E-state index contributed by atoms with van der Waals surface area (Å²) in [6, 6.07) is 18.2. The summed E-state index contributed by atoms with van der Waals surface area (Å²) in [5.74, 6) is 0.857. The molecule has 174 valence electrons. The number of amides is 1. The maximum atomic E-state index is 13.3. The van der Waals surface area contributed by atoms with Gasteiger partial charge in [-0.05, 0) is 61.7 Å². The van der Waals surface area contributed by atoms with Crippen LogP contribution in [0.25, 0.3) is 23.0 Å². The first-order valence-electron chi connectivity index (χ1n) is 11.8. The summed E-state index contributed by atoms with van der Waals surface area (Å²) in [5.41, 5.74) is 3.64. The Morgan fingerprint density at radius 3 is 2.56 bits per heavy atom. The van der Waals surface area contributed by atoms with Crippen LogP contribution in [0.5, 0.6) is 5.75 Å². The Hall–Kier alpha value is -2.90. The van der Waals surface area contributed by atoms with Gasteiger partial charge in [0.25, 0.3) is 5.91 Å². The Balaban J connectivity index is 1.51. The maximum Gasteiger partial charge on any atom is 0.266 e. The normalized spacial score (nSPS) is 17.8. The van der Waals surface area contributed by atoms with Crippen LogP contribution in [-0.2, 0) is 4.79 Å². The third-order valence-corrected chi connectivity index (χ3v) is 7.49. The topological polar surface area (TPSA) is 47.4 Å². The number of carbonyl (C=O) groups is 1. The van der Waals surface area contributed by atoms with Crippen molar-refractivity contribution < 1.29 is 9.53 Å². The Bertz CT molecular complexity index is 1210. The molecule has 1 saturated carbocycles. The highest BCUT2D eigenvalue weighted by Crippen LogP contribution is 2.39. The smallest absolute Gasteiger partial charge is 0.266 e. The molecular weight excluding hydrogens is 462 g/mol. The van der Waals surface area contributed by atoms with E-state index < -0.39 is 0 Å². The molecule has 34 heavy (non-hydrogen) atoms. The van der Waals surface area contributed by atoms with Crippen molar-refractivity contribution in [1.82, 2.24) is 14.7 Å². The molecule has 0 bridgehead atoms. The number of hydrogen-bond donors (Lipinski definition) is 0. The largest absolute Gasteiger partial charge is 0.494 e. The van der Waals surface area contributed by atoms with E-state index in [1.807, 2.05) is 76.5 Å². The van der Waals surface area contributed by atoms with E-state index in [1.54, 1.807) is 0 Å². The third kappa shape index (κ3) is 4.68. The summed E-state index contributed by atoms with van der Waals surface area (Å²) in [4.78, 5) is 15.8. The first-order valence-corrected chi connectivity index (χ1v) is 13.0. The number of hydrogen-bond acceptors (Lipinski definition) is 5. The lowest BCUT2D eigenvalue weighted by Gasteiger charge is -2.21. The van der Waals surface area contributed by atoms with Gasteiger partial charge in [0.2, 0.25) is 0 Å². The zero-order valence-electron chi connectivity index (χ0n) is 19.1. The summed E-state index contributed by atoms with van der Waals surface area (Å²) in [6.45, 7) is 2.78. The van der Waals surface area contributed by atoms with E-state index in [2.05, 4.69) is 6.92 Å². The number of thioether (sulfide) groups is 1. The SMILES string of the molecule is CCCOc1ccc(-c2nn(-c3ccccc3)cc2C=C2SC(=S)N(C3CCCC3)C2=O)cc1. The molecule has 1 aliphatic carbocycles. The minimum Gasteiger partial charge on any atom is -0.494 e. The molecule has 0 atom stereocenters. The van der Waals surface area contributed by atoms with Crippen molar-refractivity contribution in [2.45, 2.75) is 45.1 Å². The zero-order valence-corrected chi connectivity index (χ0v) is 20.8. The van der Waals surface area contributed by atoms with E-state index in [0.717, 1.165) is 60.4 Å². The molecular formula is C27H27N3O2S2. The molecule has 1 aliphatic heterocycles. The van der Waals surface area contributed by atoms with Gasteiger partial charge in [-0.1, -0.05) is 61.9 Å². The van der Waals surface area contributed by atoms with Gasteiger partial charge in [0.15, 0.2) is 0 Å². The van der Waals surface area contributed by atoms with Crippen LogP contribution in [0.15, 0.2) is 65.7 Å². The third-order valence-electron chi connectivity index (χ3n) is 6.16. The van der Waals surface area contributed by atoms with E-state index in [0.29, 0.717) is 15.8 Å². The number of aromatic nitrogens is 2. The van der Waals surface area contributed by atoms with E-state index in [4.69, 9.17) is 22.1 Å². The molecule has 2 aliphatic rings. The van der Waals surface area contributed by atoms with Gasteiger partial charge in [-0.15, -0.1) is 0 Å². The second-order valence-electron chi connectivity index (χ2n) is 8.58. The molecule has 5 nitrogen and oxygen atoms in total. The predicted molar refractivity (Wildman–Crippen MR) is 142 cm³/mol. The number of para-hydroxylation sites is 1. The molecule has 2 aromatic carbocycles. The predicted octanol–water partition coefficient (Wildman–Crippen LogP) is 6.47. The summed E-state index contributed by atoms with van der Waals surface area (Å²) >= 11 is 6.99. The molecule has 0 unspecified atom stereocenters. The Morgan fingerprint density at radius 2 is 1.85 bits per heavy atom. The Morgan fingerprint density at radius 1 is 1.12 bits per heavy atom. The maximum absolute atomic E-state index is 13.3. The number of benzene rings is 2. The van der Waals surface area contributed by atoms with Gasteiger partial charge >= 0.3 is 0 Å². The van der Waals surface area contributed by atoms with Crippen molar-refractivity contribution in [2.24, 2.45) is 0 Å². The van der Waals surface area contributed by atoms with Gasteiger partial charge in [-0.3, -0.25) is 9.69 Å². The number of rotatable bonds is 7. The highest BCUT2D eigenvalue weighted by atomic mass is 32.2. The van der Waals surface area contributed by atoms with Crippen LogP contribution >= 0.6 is 24.0 Å². The molecule has 1 amide bonds. The van der Waals surface area contributed by atoms with Gasteiger partial charge in [-0.2, -0.15) is 5.10 Å². The van der Waals surface area contributed by atoms with Crippen molar-refractivity contribution in [1.29, 1.82) is 0 Å². The van der Waals surface area contributed by atoms with Crippen LogP contribution < -0.4 is 4.74 Å². The number of carbonyl (C=O) groups excluding carboxylic acids is 1. The van der Waals surface area contributed by atoms with Crippen molar-refractivity contribution in [2.75, 3.05) is 6.61 Å². The first-order chi connectivity index (χ1) is 16.6. The summed E-state index contributed by atoms with van der Waals surface area (Å²) in [6.07, 6.45) is 9.27. The van der Waals surface area contributed by atoms with Crippen molar-refractivity contribution >= 4 is 40.3 Å². The lowest BCUT2D eigenvalue weighted by Crippen LogP contribution is -2.36. The highest BCUT2D eigenvalue weighted by Gasteiger charge is 2.38. The molecule has 0 radical (unpaired) electrons. The minimum atomic E-state index is 0.0172. The van der Waals surface area contributed by atoms with Crippen molar-refractivity contribution in [3.8, 4) is 22.7 Å². The van der Waals surface area contributed by atoms with E-state index in [-0.39, 0.29) is 11.9 Å². The van der Waals surface area contributed by atoms with Crippen molar-refractivity contribution in [3.63, 3.8) is 0 Å². The molecule has 2 heterocycles. The highest BCUT2D eigenvalue weighted by molar-refractivity contribution is 8.26. The molecule has 1 saturated heterocycles. The second kappa shape index (κ2) is 10.2. The van der Waals surface area contributed by atoms with Crippen LogP contribution in [0, 0.1) is 0 Å². The standard InChI is InChI=1S/C27H27N3O2S2/c1-2-16-32-23-14-12-19(13-15-23)25-20(18-29(28-25)21-8-4-3-5-9-21)17-24-26(31)30(27(33)34-24)22-10-6-7-11-22/h3-5,8-9,12-15,17-18,22H,2,6-7,10-11,16H2,1H3. The second-order valence-corrected chi connectivity index (χ2v) is 10.3. The minimum absolute atomic E-state index is 0.0172.